The Kier molecular flexibility index (Phi) is 5.91. The van der Waals surface area contributed by atoms with Crippen LogP contribution in [0.1, 0.15) is 40.9 Å². The van der Waals surface area contributed by atoms with Gasteiger partial charge in [-0.2, -0.15) is 0 Å². The minimum Gasteiger partial charge on any atom is -0.481 e. The number of aryl methyl sites for hydroxylation is 3. The van der Waals surface area contributed by atoms with Gasteiger partial charge in [-0.15, -0.1) is 0 Å². The zero-order valence-corrected chi connectivity index (χ0v) is 15.1. The van der Waals surface area contributed by atoms with Crippen molar-refractivity contribution in [3.63, 3.8) is 0 Å². The smallest absolute Gasteiger partial charge is 0.352 e. The Morgan fingerprint density at radius 3 is 2.26 bits per heavy atom. The molecule has 0 amide bonds. The van der Waals surface area contributed by atoms with E-state index in [0.29, 0.717) is 19.4 Å². The summed E-state index contributed by atoms with van der Waals surface area (Å²) in [5, 5.41) is 19.6. The van der Waals surface area contributed by atoms with Crippen molar-refractivity contribution in [2.45, 2.75) is 38.6 Å². The first-order valence-electron chi connectivity index (χ1n) is 9.17. The number of carboxylic acids is 2. The number of hydrogen-bond donors (Lipinski definition) is 2. The number of carbonyl (C=O) groups is 2. The fourth-order valence-corrected chi connectivity index (χ4v) is 3.61. The average molecular weight is 365 g/mol. The van der Waals surface area contributed by atoms with Crippen LogP contribution in [0.4, 0.5) is 0 Å². The maximum Gasteiger partial charge on any atom is 0.352 e. The number of aliphatic carboxylic acids is 1. The summed E-state index contributed by atoms with van der Waals surface area (Å²) in [5.41, 5.74) is 3.15. The third-order valence-corrected chi connectivity index (χ3v) is 4.79. The van der Waals surface area contributed by atoms with Crippen molar-refractivity contribution in [1.82, 2.24) is 4.57 Å². The highest BCUT2D eigenvalue weighted by molar-refractivity contribution is 5.98. The third-order valence-electron chi connectivity index (χ3n) is 4.79. The largest absolute Gasteiger partial charge is 0.481 e. The third kappa shape index (κ3) is 4.37. The monoisotopic (exact) mass is 365 g/mol. The van der Waals surface area contributed by atoms with E-state index in [1.807, 2.05) is 47.0 Å². The highest BCUT2D eigenvalue weighted by Crippen LogP contribution is 2.28. The standard InChI is InChI=1S/C22H23NO4/c24-20(25)14-6-12-18-17-11-4-5-13-19(17)23(21(18)22(26)27)15-7-10-16-8-2-1-3-9-16/h1-5,8-9,11,13H,6-7,10,12,14-15H2,(H,24,25)(H,26,27). The van der Waals surface area contributed by atoms with Crippen molar-refractivity contribution < 1.29 is 19.8 Å². The lowest BCUT2D eigenvalue weighted by Crippen LogP contribution is -2.11. The van der Waals surface area contributed by atoms with Gasteiger partial charge in [-0.25, -0.2) is 4.79 Å². The van der Waals surface area contributed by atoms with Crippen LogP contribution in [0.3, 0.4) is 0 Å². The molecule has 2 N–H and O–H groups in total. The summed E-state index contributed by atoms with van der Waals surface area (Å²) in [4.78, 5) is 22.8. The summed E-state index contributed by atoms with van der Waals surface area (Å²) in [6.45, 7) is 0.607. The second kappa shape index (κ2) is 8.54. The van der Waals surface area contributed by atoms with E-state index in [1.165, 1.54) is 5.56 Å². The molecule has 3 aromatic rings. The van der Waals surface area contributed by atoms with Gasteiger partial charge in [-0.3, -0.25) is 4.79 Å². The first-order chi connectivity index (χ1) is 13.1. The van der Waals surface area contributed by atoms with Crippen LogP contribution in [-0.2, 0) is 24.2 Å². The van der Waals surface area contributed by atoms with Gasteiger partial charge in [0.2, 0.25) is 0 Å². The summed E-state index contributed by atoms with van der Waals surface area (Å²) in [6, 6.07) is 17.8. The van der Waals surface area contributed by atoms with Crippen LogP contribution in [0, 0.1) is 0 Å². The molecule has 0 atom stereocenters. The van der Waals surface area contributed by atoms with Gasteiger partial charge in [0.25, 0.3) is 0 Å². The van der Waals surface area contributed by atoms with Crippen LogP contribution in [0.15, 0.2) is 54.6 Å². The molecule has 2 aromatic carbocycles. The van der Waals surface area contributed by atoms with Crippen molar-refractivity contribution in [1.29, 1.82) is 0 Å². The quantitative estimate of drug-likeness (QED) is 0.590. The maximum absolute atomic E-state index is 12.0. The molecular weight excluding hydrogens is 342 g/mol. The number of aromatic nitrogens is 1. The lowest BCUT2D eigenvalue weighted by molar-refractivity contribution is -0.137. The van der Waals surface area contributed by atoms with E-state index >= 15 is 0 Å². The van der Waals surface area contributed by atoms with Crippen molar-refractivity contribution in [3.8, 4) is 0 Å². The average Bonchev–Trinajstić information content (AvgIpc) is 2.97. The summed E-state index contributed by atoms with van der Waals surface area (Å²) >= 11 is 0. The number of carboxylic acid groups (broad SMARTS) is 2. The van der Waals surface area contributed by atoms with Crippen molar-refractivity contribution in [2.24, 2.45) is 0 Å². The van der Waals surface area contributed by atoms with E-state index in [4.69, 9.17) is 5.11 Å². The van der Waals surface area contributed by atoms with Gasteiger partial charge >= 0.3 is 11.9 Å². The molecule has 0 bridgehead atoms. The normalized spacial score (nSPS) is 11.0. The van der Waals surface area contributed by atoms with Gasteiger partial charge in [-0.05, 0) is 42.9 Å². The Balaban J connectivity index is 1.89. The molecule has 3 rings (SSSR count). The number of fused-ring (bicyclic) bond motifs is 1. The Bertz CT molecular complexity index is 944. The zero-order valence-electron chi connectivity index (χ0n) is 15.1. The SMILES string of the molecule is O=C(O)CCCc1c(C(=O)O)n(CCCc2ccccc2)c2ccccc12. The second-order valence-electron chi connectivity index (χ2n) is 6.64. The molecule has 0 spiro atoms. The predicted octanol–water partition coefficient (Wildman–Crippen LogP) is 4.38. The first-order valence-corrected chi connectivity index (χ1v) is 9.17. The fraction of sp³-hybridized carbons (Fsp3) is 0.273. The molecule has 5 nitrogen and oxygen atoms in total. The Labute approximate surface area is 157 Å². The summed E-state index contributed by atoms with van der Waals surface area (Å²) in [5.74, 6) is -1.82. The molecule has 0 fully saturated rings. The molecule has 140 valence electrons. The van der Waals surface area contributed by atoms with Crippen molar-refractivity contribution in [3.05, 3.63) is 71.4 Å². The second-order valence-corrected chi connectivity index (χ2v) is 6.64. The number of hydrogen-bond acceptors (Lipinski definition) is 2. The molecule has 0 aliphatic carbocycles. The molecule has 0 aliphatic rings. The van der Waals surface area contributed by atoms with Crippen LogP contribution in [0.5, 0.6) is 0 Å². The number of aromatic carboxylic acids is 1. The van der Waals surface area contributed by atoms with Gasteiger partial charge < -0.3 is 14.8 Å². The van der Waals surface area contributed by atoms with E-state index in [1.54, 1.807) is 0 Å². The van der Waals surface area contributed by atoms with Gasteiger partial charge in [-0.1, -0.05) is 48.5 Å². The molecular formula is C22H23NO4. The van der Waals surface area contributed by atoms with E-state index < -0.39 is 11.9 Å². The van der Waals surface area contributed by atoms with Crippen LogP contribution in [0.25, 0.3) is 10.9 Å². The lowest BCUT2D eigenvalue weighted by Gasteiger charge is -2.09. The molecule has 5 heteroatoms. The molecule has 1 aromatic heterocycles. The van der Waals surface area contributed by atoms with Crippen molar-refractivity contribution >= 4 is 22.8 Å². The van der Waals surface area contributed by atoms with E-state index in [9.17, 15) is 14.7 Å². The van der Waals surface area contributed by atoms with E-state index in [-0.39, 0.29) is 12.1 Å². The molecule has 0 aliphatic heterocycles. The molecule has 0 saturated heterocycles. The van der Waals surface area contributed by atoms with Gasteiger partial charge in [0.1, 0.15) is 5.69 Å². The summed E-state index contributed by atoms with van der Waals surface area (Å²) in [6.07, 6.45) is 2.61. The lowest BCUT2D eigenvalue weighted by atomic mass is 10.0. The molecule has 1 heterocycles. The number of rotatable bonds is 9. The Morgan fingerprint density at radius 2 is 1.56 bits per heavy atom. The first kappa shape index (κ1) is 18.7. The summed E-state index contributed by atoms with van der Waals surface area (Å²) in [7, 11) is 0. The zero-order chi connectivity index (χ0) is 19.2. The van der Waals surface area contributed by atoms with E-state index in [0.717, 1.165) is 29.3 Å². The van der Waals surface area contributed by atoms with Crippen LogP contribution >= 0.6 is 0 Å². The predicted molar refractivity (Wildman–Crippen MR) is 104 cm³/mol. The van der Waals surface area contributed by atoms with Crippen LogP contribution in [-0.4, -0.2) is 26.7 Å². The maximum atomic E-state index is 12.0. The van der Waals surface area contributed by atoms with Crippen LogP contribution in [0.2, 0.25) is 0 Å². The number of nitrogens with zero attached hydrogens (tertiary/aromatic N) is 1. The highest BCUT2D eigenvalue weighted by Gasteiger charge is 2.21. The summed E-state index contributed by atoms with van der Waals surface area (Å²) < 4.78 is 1.87. The van der Waals surface area contributed by atoms with Gasteiger partial charge in [0, 0.05) is 23.9 Å². The van der Waals surface area contributed by atoms with Crippen LogP contribution < -0.4 is 0 Å². The fourth-order valence-electron chi connectivity index (χ4n) is 3.61. The minimum absolute atomic E-state index is 0.0343. The van der Waals surface area contributed by atoms with E-state index in [2.05, 4.69) is 12.1 Å². The number of benzene rings is 2. The molecule has 27 heavy (non-hydrogen) atoms. The molecule has 0 saturated carbocycles. The Hall–Kier alpha value is -3.08. The Morgan fingerprint density at radius 1 is 0.852 bits per heavy atom. The van der Waals surface area contributed by atoms with Gasteiger partial charge in [0.05, 0.1) is 0 Å². The molecule has 0 radical (unpaired) electrons. The van der Waals surface area contributed by atoms with Gasteiger partial charge in [0.15, 0.2) is 0 Å². The van der Waals surface area contributed by atoms with Crippen molar-refractivity contribution in [2.75, 3.05) is 0 Å². The highest BCUT2D eigenvalue weighted by atomic mass is 16.4. The molecule has 0 unspecified atom stereocenters. The minimum atomic E-state index is -0.962. The topological polar surface area (TPSA) is 79.5 Å². The number of para-hydroxylation sites is 1.